The van der Waals surface area contributed by atoms with E-state index < -0.39 is 12.2 Å². The van der Waals surface area contributed by atoms with Gasteiger partial charge in [-0.15, -0.1) is 24.8 Å². The maximum absolute atomic E-state index is 9.99. The van der Waals surface area contributed by atoms with E-state index in [-0.39, 0.29) is 30.9 Å². The molecule has 1 aliphatic rings. The lowest BCUT2D eigenvalue weighted by atomic mass is 9.83. The molecule has 5 heteroatoms. The first-order valence-electron chi connectivity index (χ1n) is 7.12. The molecular formula is C14H31Cl2NO2. The molecule has 1 aliphatic carbocycles. The molecule has 3 nitrogen and oxygen atoms in total. The molecule has 0 radical (unpaired) electrons. The van der Waals surface area contributed by atoms with Gasteiger partial charge < -0.3 is 15.9 Å². The predicted octanol–water partition coefficient (Wildman–Crippen LogP) is 2.90. The summed E-state index contributed by atoms with van der Waals surface area (Å²) in [6.07, 6.45) is 6.44. The van der Waals surface area contributed by atoms with Crippen LogP contribution in [0.4, 0.5) is 0 Å². The van der Waals surface area contributed by atoms with Crippen molar-refractivity contribution in [3.05, 3.63) is 0 Å². The summed E-state index contributed by atoms with van der Waals surface area (Å²) >= 11 is 0. The Balaban J connectivity index is 0. The average Bonchev–Trinajstić information content (AvgIpc) is 2.28. The summed E-state index contributed by atoms with van der Waals surface area (Å²) in [4.78, 5) is 0. The Morgan fingerprint density at radius 3 is 2.05 bits per heavy atom. The number of hydrogen-bond acceptors (Lipinski definition) is 3. The van der Waals surface area contributed by atoms with Crippen LogP contribution in [0.5, 0.6) is 0 Å². The molecule has 0 aromatic carbocycles. The summed E-state index contributed by atoms with van der Waals surface area (Å²) in [7, 11) is 0. The maximum Gasteiger partial charge on any atom is 0.0949 e. The second kappa shape index (κ2) is 11.2. The van der Waals surface area contributed by atoms with E-state index in [2.05, 4.69) is 0 Å². The molecule has 118 valence electrons. The number of hydrogen-bond donors (Lipinski definition) is 3. The molecule has 1 saturated carbocycles. The van der Waals surface area contributed by atoms with Crippen LogP contribution in [-0.4, -0.2) is 28.5 Å². The van der Waals surface area contributed by atoms with Crippen molar-refractivity contribution in [2.24, 2.45) is 17.6 Å². The summed E-state index contributed by atoms with van der Waals surface area (Å²) in [5.41, 5.74) is 6.01. The zero-order valence-electron chi connectivity index (χ0n) is 12.1. The Labute approximate surface area is 130 Å². The second-order valence-corrected chi connectivity index (χ2v) is 6.09. The van der Waals surface area contributed by atoms with Crippen molar-refractivity contribution in [2.75, 3.05) is 0 Å². The van der Waals surface area contributed by atoms with Crippen LogP contribution in [0.15, 0.2) is 0 Å². The molecule has 0 aromatic heterocycles. The van der Waals surface area contributed by atoms with Gasteiger partial charge in [-0.3, -0.25) is 0 Å². The van der Waals surface area contributed by atoms with Gasteiger partial charge in [0.2, 0.25) is 0 Å². The topological polar surface area (TPSA) is 66.5 Å². The highest BCUT2D eigenvalue weighted by Crippen LogP contribution is 2.28. The standard InChI is InChI=1S/C14H29NO2.2ClH/c1-10(2)8-13(16)14(17)12(15)9-11-6-4-3-5-7-11;;/h10-14,16-17H,3-9,15H2,1-2H3;2*1H/t12-,13-,14+;;/m0../s1. The molecule has 0 bridgehead atoms. The minimum atomic E-state index is -0.765. The van der Waals surface area contributed by atoms with Crippen LogP contribution in [0, 0.1) is 11.8 Å². The highest BCUT2D eigenvalue weighted by Gasteiger charge is 2.26. The molecule has 0 aromatic rings. The fourth-order valence-corrected chi connectivity index (χ4v) is 2.85. The van der Waals surface area contributed by atoms with Crippen molar-refractivity contribution in [1.82, 2.24) is 0 Å². The van der Waals surface area contributed by atoms with Crippen LogP contribution in [-0.2, 0) is 0 Å². The number of nitrogens with two attached hydrogens (primary N) is 1. The molecule has 1 rings (SSSR count). The fraction of sp³-hybridized carbons (Fsp3) is 1.00. The highest BCUT2D eigenvalue weighted by atomic mass is 35.5. The first kappa shape index (κ1) is 21.8. The first-order valence-corrected chi connectivity index (χ1v) is 7.12. The van der Waals surface area contributed by atoms with Gasteiger partial charge in [0.05, 0.1) is 12.2 Å². The van der Waals surface area contributed by atoms with Crippen LogP contribution in [0.1, 0.15) is 58.8 Å². The molecule has 0 spiro atoms. The Bertz CT molecular complexity index is 212. The molecule has 1 fully saturated rings. The van der Waals surface area contributed by atoms with Gasteiger partial charge in [-0.25, -0.2) is 0 Å². The minimum absolute atomic E-state index is 0. The highest BCUT2D eigenvalue weighted by molar-refractivity contribution is 5.85. The van der Waals surface area contributed by atoms with Crippen molar-refractivity contribution >= 4 is 24.8 Å². The molecule has 4 N–H and O–H groups in total. The molecule has 0 aliphatic heterocycles. The van der Waals surface area contributed by atoms with Gasteiger partial charge in [0.15, 0.2) is 0 Å². The molecule has 0 saturated heterocycles. The van der Waals surface area contributed by atoms with Crippen LogP contribution in [0.3, 0.4) is 0 Å². The third-order valence-corrected chi connectivity index (χ3v) is 3.88. The predicted molar refractivity (Wildman–Crippen MR) is 85.1 cm³/mol. The maximum atomic E-state index is 9.99. The normalized spacial score (nSPS) is 21.2. The summed E-state index contributed by atoms with van der Waals surface area (Å²) < 4.78 is 0. The van der Waals surface area contributed by atoms with E-state index in [0.29, 0.717) is 18.3 Å². The van der Waals surface area contributed by atoms with E-state index in [1.165, 1.54) is 32.1 Å². The summed E-state index contributed by atoms with van der Waals surface area (Å²) in [5.74, 6) is 1.04. The minimum Gasteiger partial charge on any atom is -0.390 e. The third-order valence-electron chi connectivity index (χ3n) is 3.88. The smallest absolute Gasteiger partial charge is 0.0949 e. The number of aliphatic hydroxyl groups excluding tert-OH is 2. The van der Waals surface area contributed by atoms with Crippen LogP contribution in [0.25, 0.3) is 0 Å². The lowest BCUT2D eigenvalue weighted by Gasteiger charge is -2.29. The van der Waals surface area contributed by atoms with Gasteiger partial charge in [0.25, 0.3) is 0 Å². The number of rotatable bonds is 6. The van der Waals surface area contributed by atoms with Gasteiger partial charge >= 0.3 is 0 Å². The van der Waals surface area contributed by atoms with Crippen molar-refractivity contribution < 1.29 is 10.2 Å². The van der Waals surface area contributed by atoms with E-state index in [0.717, 1.165) is 6.42 Å². The Hall–Kier alpha value is 0.460. The molecule has 19 heavy (non-hydrogen) atoms. The van der Waals surface area contributed by atoms with Gasteiger partial charge in [-0.05, 0) is 24.7 Å². The monoisotopic (exact) mass is 315 g/mol. The van der Waals surface area contributed by atoms with Crippen LogP contribution < -0.4 is 5.73 Å². The van der Waals surface area contributed by atoms with Gasteiger partial charge in [-0.2, -0.15) is 0 Å². The van der Waals surface area contributed by atoms with Crippen molar-refractivity contribution in [2.45, 2.75) is 77.0 Å². The van der Waals surface area contributed by atoms with Crippen LogP contribution in [0.2, 0.25) is 0 Å². The average molecular weight is 316 g/mol. The Morgan fingerprint density at radius 2 is 1.58 bits per heavy atom. The molecule has 0 unspecified atom stereocenters. The third kappa shape index (κ3) is 8.36. The van der Waals surface area contributed by atoms with E-state index in [4.69, 9.17) is 5.73 Å². The van der Waals surface area contributed by atoms with Crippen molar-refractivity contribution in [1.29, 1.82) is 0 Å². The van der Waals surface area contributed by atoms with Crippen LogP contribution >= 0.6 is 24.8 Å². The van der Waals surface area contributed by atoms with Crippen molar-refractivity contribution in [3.63, 3.8) is 0 Å². The van der Waals surface area contributed by atoms with E-state index in [1.54, 1.807) is 0 Å². The lowest BCUT2D eigenvalue weighted by molar-refractivity contribution is -0.0117. The van der Waals surface area contributed by atoms with E-state index in [1.807, 2.05) is 13.8 Å². The summed E-state index contributed by atoms with van der Waals surface area (Å²) in [5, 5.41) is 19.8. The lowest BCUT2D eigenvalue weighted by Crippen LogP contribution is -2.44. The second-order valence-electron chi connectivity index (χ2n) is 6.09. The number of aliphatic hydroxyl groups is 2. The summed E-state index contributed by atoms with van der Waals surface area (Å²) in [6.45, 7) is 4.09. The fourth-order valence-electron chi connectivity index (χ4n) is 2.85. The quantitative estimate of drug-likeness (QED) is 0.706. The van der Waals surface area contributed by atoms with E-state index in [9.17, 15) is 10.2 Å². The zero-order valence-corrected chi connectivity index (χ0v) is 13.8. The van der Waals surface area contributed by atoms with Gasteiger partial charge in [0, 0.05) is 6.04 Å². The Kier molecular flexibility index (Phi) is 12.8. The largest absolute Gasteiger partial charge is 0.390 e. The Morgan fingerprint density at radius 1 is 1.05 bits per heavy atom. The van der Waals surface area contributed by atoms with E-state index >= 15 is 0 Å². The molecule has 3 atom stereocenters. The SMILES string of the molecule is CC(C)C[C@H](O)[C@H](O)[C@@H](N)CC1CCCCC1.Cl.Cl. The number of halogens is 2. The molecule has 0 amide bonds. The zero-order chi connectivity index (χ0) is 12.8. The van der Waals surface area contributed by atoms with Crippen molar-refractivity contribution in [3.8, 4) is 0 Å². The summed E-state index contributed by atoms with van der Waals surface area (Å²) in [6, 6.07) is -0.271. The molecular weight excluding hydrogens is 285 g/mol. The van der Waals surface area contributed by atoms with Gasteiger partial charge in [0.1, 0.15) is 0 Å². The first-order chi connectivity index (χ1) is 8.00. The van der Waals surface area contributed by atoms with Gasteiger partial charge in [-0.1, -0.05) is 46.0 Å². The molecule has 0 heterocycles.